The van der Waals surface area contributed by atoms with Crippen LogP contribution in [0.15, 0.2) is 42.7 Å². The Kier molecular flexibility index (Phi) is 2.19. The first-order valence-corrected chi connectivity index (χ1v) is 5.24. The fourth-order valence-corrected chi connectivity index (χ4v) is 1.81. The van der Waals surface area contributed by atoms with E-state index in [1.807, 2.05) is 0 Å². The first-order valence-electron chi connectivity index (χ1n) is 5.24. The number of halogens is 3. The molecule has 2 aromatic heterocycles. The van der Waals surface area contributed by atoms with Crippen molar-refractivity contribution in [2.45, 2.75) is 6.18 Å². The maximum atomic E-state index is 12.6. The molecule has 1 aromatic carbocycles. The van der Waals surface area contributed by atoms with E-state index in [1.165, 1.54) is 6.07 Å². The van der Waals surface area contributed by atoms with Crippen molar-refractivity contribution in [2.24, 2.45) is 0 Å². The molecule has 1 N–H and O–H groups in total. The molecule has 92 valence electrons. The lowest BCUT2D eigenvalue weighted by atomic mass is 10.1. The molecule has 0 atom stereocenters. The summed E-state index contributed by atoms with van der Waals surface area (Å²) in [5.41, 5.74) is 1.02. The first kappa shape index (κ1) is 10.9. The zero-order valence-corrected chi connectivity index (χ0v) is 9.07. The van der Waals surface area contributed by atoms with Crippen LogP contribution in [0.2, 0.25) is 0 Å². The molecule has 0 spiro atoms. The van der Waals surface area contributed by atoms with Crippen molar-refractivity contribution in [3.05, 3.63) is 48.3 Å². The second-order valence-corrected chi connectivity index (χ2v) is 3.90. The fraction of sp³-hybridized carbons (Fsp3) is 0.0833. The number of rotatable bonds is 1. The Hall–Kier alpha value is -2.24. The Balaban J connectivity index is 2.09. The van der Waals surface area contributed by atoms with E-state index >= 15 is 0 Å². The molecule has 18 heavy (non-hydrogen) atoms. The van der Waals surface area contributed by atoms with Crippen LogP contribution in [-0.2, 0) is 6.18 Å². The number of hydrogen-bond donors (Lipinski definition) is 1. The predicted molar refractivity (Wildman–Crippen MR) is 60.0 cm³/mol. The number of alkyl halides is 3. The number of imidazole rings is 1. The zero-order valence-electron chi connectivity index (χ0n) is 9.07. The highest BCUT2D eigenvalue weighted by atomic mass is 19.4. The molecule has 3 nitrogen and oxygen atoms in total. The van der Waals surface area contributed by atoms with Crippen LogP contribution in [0.25, 0.3) is 16.9 Å². The largest absolute Gasteiger partial charge is 0.416 e. The number of H-pyrrole nitrogens is 1. The van der Waals surface area contributed by atoms with Gasteiger partial charge in [0.1, 0.15) is 5.65 Å². The van der Waals surface area contributed by atoms with Gasteiger partial charge in [0.05, 0.1) is 11.3 Å². The second kappa shape index (κ2) is 3.63. The van der Waals surface area contributed by atoms with E-state index in [2.05, 4.69) is 10.1 Å². The van der Waals surface area contributed by atoms with Gasteiger partial charge in [-0.3, -0.25) is 0 Å². The molecule has 0 aliphatic heterocycles. The second-order valence-electron chi connectivity index (χ2n) is 3.90. The Morgan fingerprint density at radius 3 is 2.72 bits per heavy atom. The molecule has 0 radical (unpaired) electrons. The van der Waals surface area contributed by atoms with E-state index in [-0.39, 0.29) is 0 Å². The number of hydrogen-bond acceptors (Lipinski definition) is 1. The molecule has 0 saturated carbocycles. The number of benzene rings is 1. The van der Waals surface area contributed by atoms with E-state index in [1.54, 1.807) is 29.0 Å². The van der Waals surface area contributed by atoms with Gasteiger partial charge in [-0.2, -0.15) is 18.3 Å². The fourth-order valence-electron chi connectivity index (χ4n) is 1.81. The summed E-state index contributed by atoms with van der Waals surface area (Å²) in [5, 5.41) is 4.18. The highest BCUT2D eigenvalue weighted by Crippen LogP contribution is 2.31. The van der Waals surface area contributed by atoms with Gasteiger partial charge in [0, 0.05) is 24.0 Å². The van der Waals surface area contributed by atoms with Crippen molar-refractivity contribution >= 4 is 5.65 Å². The lowest BCUT2D eigenvalue weighted by Gasteiger charge is -2.07. The minimum Gasteiger partial charge on any atom is -0.345 e. The van der Waals surface area contributed by atoms with Crippen molar-refractivity contribution in [2.75, 3.05) is 0 Å². The maximum Gasteiger partial charge on any atom is 0.416 e. The quantitative estimate of drug-likeness (QED) is 0.706. The summed E-state index contributed by atoms with van der Waals surface area (Å²) in [6.07, 6.45) is -0.929. The minimum absolute atomic E-state index is 0.446. The van der Waals surface area contributed by atoms with Crippen molar-refractivity contribution in [1.29, 1.82) is 0 Å². The van der Waals surface area contributed by atoms with Gasteiger partial charge < -0.3 is 4.98 Å². The third kappa shape index (κ3) is 1.75. The smallest absolute Gasteiger partial charge is 0.345 e. The summed E-state index contributed by atoms with van der Waals surface area (Å²) in [6.45, 7) is 0. The number of nitrogens with one attached hydrogen (secondary N) is 1. The summed E-state index contributed by atoms with van der Waals surface area (Å²) < 4.78 is 39.4. The highest BCUT2D eigenvalue weighted by molar-refractivity contribution is 5.64. The van der Waals surface area contributed by atoms with Gasteiger partial charge in [0.25, 0.3) is 0 Å². The molecule has 0 amide bonds. The summed E-state index contributed by atoms with van der Waals surface area (Å²) >= 11 is 0. The van der Waals surface area contributed by atoms with E-state index in [0.29, 0.717) is 11.3 Å². The number of fused-ring (bicyclic) bond motifs is 1. The molecule has 0 fully saturated rings. The molecular weight excluding hydrogens is 243 g/mol. The Bertz CT molecular complexity index is 665. The standard InChI is InChI=1S/C12H8F3N3/c13-12(14,15)9-3-1-2-8(6-9)10-7-11-16-4-5-18(11)17-10/h1-7,16H. The lowest BCUT2D eigenvalue weighted by molar-refractivity contribution is -0.137. The number of nitrogens with zero attached hydrogens (tertiary/aromatic N) is 2. The Morgan fingerprint density at radius 1 is 1.17 bits per heavy atom. The van der Waals surface area contributed by atoms with Crippen molar-refractivity contribution < 1.29 is 13.2 Å². The van der Waals surface area contributed by atoms with Crippen LogP contribution in [0.3, 0.4) is 0 Å². The molecule has 0 saturated heterocycles. The Morgan fingerprint density at radius 2 is 2.00 bits per heavy atom. The molecule has 3 aromatic rings. The van der Waals surface area contributed by atoms with Crippen LogP contribution in [0.1, 0.15) is 5.56 Å². The molecule has 0 bridgehead atoms. The maximum absolute atomic E-state index is 12.6. The van der Waals surface area contributed by atoms with Gasteiger partial charge in [-0.1, -0.05) is 12.1 Å². The van der Waals surface area contributed by atoms with Crippen LogP contribution in [-0.4, -0.2) is 14.6 Å². The van der Waals surface area contributed by atoms with Gasteiger partial charge in [-0.25, -0.2) is 4.52 Å². The molecule has 0 unspecified atom stereocenters. The average Bonchev–Trinajstić information content (AvgIpc) is 2.88. The molecule has 0 aliphatic carbocycles. The van der Waals surface area contributed by atoms with Crippen LogP contribution >= 0.6 is 0 Å². The van der Waals surface area contributed by atoms with Gasteiger partial charge >= 0.3 is 6.18 Å². The van der Waals surface area contributed by atoms with Crippen LogP contribution < -0.4 is 0 Å². The minimum atomic E-state index is -4.34. The van der Waals surface area contributed by atoms with E-state index in [0.717, 1.165) is 17.8 Å². The Labute approximate surface area is 99.9 Å². The third-order valence-corrected chi connectivity index (χ3v) is 2.67. The van der Waals surface area contributed by atoms with Crippen LogP contribution in [0.5, 0.6) is 0 Å². The van der Waals surface area contributed by atoms with Crippen molar-refractivity contribution in [3.8, 4) is 11.3 Å². The number of aromatic amines is 1. The van der Waals surface area contributed by atoms with E-state index < -0.39 is 11.7 Å². The monoisotopic (exact) mass is 251 g/mol. The summed E-state index contributed by atoms with van der Waals surface area (Å²) in [5.74, 6) is 0. The van der Waals surface area contributed by atoms with Gasteiger partial charge in [0.2, 0.25) is 0 Å². The van der Waals surface area contributed by atoms with Crippen molar-refractivity contribution in [1.82, 2.24) is 14.6 Å². The average molecular weight is 251 g/mol. The summed E-state index contributed by atoms with van der Waals surface area (Å²) in [6, 6.07) is 6.84. The molecule has 6 heteroatoms. The topological polar surface area (TPSA) is 33.1 Å². The zero-order chi connectivity index (χ0) is 12.8. The molecular formula is C12H8F3N3. The van der Waals surface area contributed by atoms with Gasteiger partial charge in [0.15, 0.2) is 0 Å². The van der Waals surface area contributed by atoms with E-state index in [9.17, 15) is 13.2 Å². The predicted octanol–water partition coefficient (Wildman–Crippen LogP) is 3.35. The van der Waals surface area contributed by atoms with Crippen molar-refractivity contribution in [3.63, 3.8) is 0 Å². The van der Waals surface area contributed by atoms with E-state index in [4.69, 9.17) is 0 Å². The SMILES string of the molecule is FC(F)(F)c1cccc(-c2cc3[nH]ccn3n2)c1. The molecule has 2 heterocycles. The molecule has 3 rings (SSSR count). The van der Waals surface area contributed by atoms with Gasteiger partial charge in [-0.15, -0.1) is 0 Å². The number of aromatic nitrogens is 3. The third-order valence-electron chi connectivity index (χ3n) is 2.67. The molecule has 0 aliphatic rings. The first-order chi connectivity index (χ1) is 8.54. The normalized spacial score (nSPS) is 12.2. The van der Waals surface area contributed by atoms with Crippen LogP contribution in [0, 0.1) is 0 Å². The lowest BCUT2D eigenvalue weighted by Crippen LogP contribution is -2.04. The van der Waals surface area contributed by atoms with Gasteiger partial charge in [-0.05, 0) is 12.1 Å². The van der Waals surface area contributed by atoms with Crippen LogP contribution in [0.4, 0.5) is 13.2 Å². The summed E-state index contributed by atoms with van der Waals surface area (Å²) in [4.78, 5) is 2.93. The summed E-state index contributed by atoms with van der Waals surface area (Å²) in [7, 11) is 0. The highest BCUT2D eigenvalue weighted by Gasteiger charge is 2.30.